The Bertz CT molecular complexity index is 1150. The lowest BCUT2D eigenvalue weighted by Crippen LogP contribution is -2.60. The van der Waals surface area contributed by atoms with Crippen LogP contribution in [0, 0.1) is 5.92 Å². The van der Waals surface area contributed by atoms with Gasteiger partial charge in [0.1, 0.15) is 18.1 Å². The van der Waals surface area contributed by atoms with E-state index < -0.39 is 35.8 Å². The largest absolute Gasteiger partial charge is 0.462 e. The van der Waals surface area contributed by atoms with Crippen molar-refractivity contribution in [2.75, 3.05) is 13.2 Å². The summed E-state index contributed by atoms with van der Waals surface area (Å²) >= 11 is 0. The van der Waals surface area contributed by atoms with Crippen LogP contribution in [0.3, 0.4) is 0 Å². The maximum absolute atomic E-state index is 15.0. The molecule has 3 heterocycles. The Balaban J connectivity index is 1.31. The van der Waals surface area contributed by atoms with Gasteiger partial charge in [0.15, 0.2) is 11.7 Å². The van der Waals surface area contributed by atoms with Crippen molar-refractivity contribution in [2.24, 2.45) is 5.92 Å². The quantitative estimate of drug-likeness (QED) is 0.412. The van der Waals surface area contributed by atoms with E-state index in [4.69, 9.17) is 18.9 Å². The van der Waals surface area contributed by atoms with Gasteiger partial charge in [-0.15, -0.1) is 0 Å². The Kier molecular flexibility index (Phi) is 9.24. The van der Waals surface area contributed by atoms with Crippen molar-refractivity contribution in [2.45, 2.75) is 122 Å². The number of ether oxygens (including phenoxy) is 4. The van der Waals surface area contributed by atoms with Gasteiger partial charge in [-0.25, -0.2) is 13.6 Å². The first-order chi connectivity index (χ1) is 19.3. The maximum atomic E-state index is 15.0. The highest BCUT2D eigenvalue weighted by molar-refractivity contribution is 5.90. The molecular weight excluding hydrogens is 546 g/mol. The fourth-order valence-corrected chi connectivity index (χ4v) is 6.88. The molecule has 0 aromatic heterocycles. The monoisotopic (exact) mass is 592 g/mol. The predicted octanol–water partition coefficient (Wildman–Crippen LogP) is 5.60. The standard InChI is InChI=1S/C32H46F2N2O6/c1-29(2)13-22(14-30(3,4)35-29)41-26(37)20-11-9-19(10-12-20)24(33)25(34)28-39-17-21(18-40-28)27(38)42-23-15-31(5,6)36-32(7,8)16-23/h9-12,21-23,28,35-36H,13-18H2,1-8H3/b25-24+. The van der Waals surface area contributed by atoms with E-state index in [-0.39, 0.29) is 58.7 Å². The number of hydrogen-bond donors (Lipinski definition) is 2. The van der Waals surface area contributed by atoms with E-state index >= 15 is 4.39 Å². The number of piperidine rings is 2. The summed E-state index contributed by atoms with van der Waals surface area (Å²) in [5, 5.41) is 7.08. The third-order valence-corrected chi connectivity index (χ3v) is 7.88. The van der Waals surface area contributed by atoms with E-state index in [1.54, 1.807) is 0 Å². The Hall–Kier alpha value is -2.40. The van der Waals surface area contributed by atoms with Crippen LogP contribution in [0.2, 0.25) is 0 Å². The van der Waals surface area contributed by atoms with E-state index in [1.807, 2.05) is 0 Å². The summed E-state index contributed by atoms with van der Waals surface area (Å²) in [4.78, 5) is 25.5. The minimum atomic E-state index is -1.58. The first-order valence-electron chi connectivity index (χ1n) is 14.7. The molecule has 0 aliphatic carbocycles. The first-order valence-corrected chi connectivity index (χ1v) is 14.7. The molecule has 0 amide bonds. The van der Waals surface area contributed by atoms with Crippen molar-refractivity contribution in [3.8, 4) is 0 Å². The van der Waals surface area contributed by atoms with Crippen LogP contribution in [-0.4, -0.2) is 65.8 Å². The molecule has 0 unspecified atom stereocenters. The van der Waals surface area contributed by atoms with Crippen LogP contribution in [0.25, 0.3) is 5.83 Å². The molecule has 0 radical (unpaired) electrons. The Labute approximate surface area is 247 Å². The number of hydrogen-bond acceptors (Lipinski definition) is 8. The highest BCUT2D eigenvalue weighted by atomic mass is 19.2. The zero-order valence-electron chi connectivity index (χ0n) is 26.1. The second-order valence-electron chi connectivity index (χ2n) is 14.6. The second kappa shape index (κ2) is 11.9. The lowest BCUT2D eigenvalue weighted by Gasteiger charge is -2.46. The number of halogens is 2. The van der Waals surface area contributed by atoms with E-state index in [9.17, 15) is 14.0 Å². The zero-order valence-corrected chi connectivity index (χ0v) is 26.1. The van der Waals surface area contributed by atoms with Gasteiger partial charge in [0.05, 0.1) is 18.8 Å². The van der Waals surface area contributed by atoms with E-state index in [1.165, 1.54) is 24.3 Å². The topological polar surface area (TPSA) is 95.1 Å². The van der Waals surface area contributed by atoms with Gasteiger partial charge in [0.25, 0.3) is 0 Å². The highest BCUT2D eigenvalue weighted by Crippen LogP contribution is 2.33. The lowest BCUT2D eigenvalue weighted by atomic mass is 9.81. The molecule has 3 aliphatic rings. The molecule has 3 aliphatic heterocycles. The van der Waals surface area contributed by atoms with Crippen LogP contribution in [0.1, 0.15) is 97.0 Å². The summed E-state index contributed by atoms with van der Waals surface area (Å²) in [5.41, 5.74) is -0.586. The molecule has 10 heteroatoms. The first kappa shape index (κ1) is 32.5. The number of carbonyl (C=O) groups excluding carboxylic acids is 2. The SMILES string of the molecule is CC1(C)CC(OC(=O)c2ccc(/C(F)=C(\F)C3OCC(C(=O)OC4CC(C)(C)NC(C)(C)C4)CO3)cc2)CC(C)(C)N1. The fourth-order valence-electron chi connectivity index (χ4n) is 6.88. The molecule has 1 aromatic rings. The van der Waals surface area contributed by atoms with E-state index in [2.05, 4.69) is 66.0 Å². The Morgan fingerprint density at radius 1 is 0.714 bits per heavy atom. The van der Waals surface area contributed by atoms with Crippen LogP contribution in [0.15, 0.2) is 30.1 Å². The molecule has 0 bridgehead atoms. The molecular formula is C32H46F2N2O6. The molecule has 4 rings (SSSR count). The zero-order chi connectivity index (χ0) is 31.1. The summed E-state index contributed by atoms with van der Waals surface area (Å²) in [6, 6.07) is 5.43. The van der Waals surface area contributed by atoms with Crippen molar-refractivity contribution in [1.29, 1.82) is 0 Å². The number of nitrogens with one attached hydrogen (secondary N) is 2. The number of benzene rings is 1. The van der Waals surface area contributed by atoms with Crippen LogP contribution >= 0.6 is 0 Å². The number of rotatable bonds is 6. The molecule has 0 atom stereocenters. The maximum Gasteiger partial charge on any atom is 0.338 e. The summed E-state index contributed by atoms with van der Waals surface area (Å²) in [6.45, 7) is 16.2. The van der Waals surface area contributed by atoms with Crippen LogP contribution in [0.4, 0.5) is 8.78 Å². The minimum absolute atomic E-state index is 0.0712. The Morgan fingerprint density at radius 2 is 1.12 bits per heavy atom. The van der Waals surface area contributed by atoms with Crippen LogP contribution in [0.5, 0.6) is 0 Å². The second-order valence-corrected chi connectivity index (χ2v) is 14.6. The van der Waals surface area contributed by atoms with Gasteiger partial charge in [0, 0.05) is 53.4 Å². The number of esters is 2. The van der Waals surface area contributed by atoms with E-state index in [0.717, 1.165) is 0 Å². The summed E-state index contributed by atoms with van der Waals surface area (Å²) < 4.78 is 52.3. The molecule has 3 fully saturated rings. The summed E-state index contributed by atoms with van der Waals surface area (Å²) in [7, 11) is 0. The Morgan fingerprint density at radius 3 is 1.57 bits per heavy atom. The average molecular weight is 593 g/mol. The number of carbonyl (C=O) groups is 2. The normalized spacial score (nSPS) is 28.0. The van der Waals surface area contributed by atoms with Crippen LogP contribution in [-0.2, 0) is 23.7 Å². The van der Waals surface area contributed by atoms with Gasteiger partial charge in [-0.05, 0) is 67.5 Å². The molecule has 3 saturated heterocycles. The molecule has 1 aromatic carbocycles. The van der Waals surface area contributed by atoms with Crippen molar-refractivity contribution >= 4 is 17.8 Å². The molecule has 234 valence electrons. The van der Waals surface area contributed by atoms with Gasteiger partial charge < -0.3 is 29.6 Å². The molecule has 42 heavy (non-hydrogen) atoms. The van der Waals surface area contributed by atoms with Crippen molar-refractivity contribution in [1.82, 2.24) is 10.6 Å². The van der Waals surface area contributed by atoms with Crippen molar-refractivity contribution in [3.63, 3.8) is 0 Å². The molecule has 0 spiro atoms. The van der Waals surface area contributed by atoms with Gasteiger partial charge in [-0.3, -0.25) is 4.79 Å². The third kappa shape index (κ3) is 8.36. The van der Waals surface area contributed by atoms with Crippen molar-refractivity contribution in [3.05, 3.63) is 41.2 Å². The highest BCUT2D eigenvalue weighted by Gasteiger charge is 2.42. The van der Waals surface area contributed by atoms with E-state index in [0.29, 0.717) is 25.7 Å². The summed E-state index contributed by atoms with van der Waals surface area (Å²) in [6.07, 6.45) is 0.530. The van der Waals surface area contributed by atoms with Crippen LogP contribution < -0.4 is 10.6 Å². The van der Waals surface area contributed by atoms with Gasteiger partial charge in [0.2, 0.25) is 6.29 Å². The smallest absolute Gasteiger partial charge is 0.338 e. The van der Waals surface area contributed by atoms with Gasteiger partial charge >= 0.3 is 11.9 Å². The minimum Gasteiger partial charge on any atom is -0.462 e. The van der Waals surface area contributed by atoms with Gasteiger partial charge in [-0.1, -0.05) is 12.1 Å². The molecule has 8 nitrogen and oxygen atoms in total. The third-order valence-electron chi connectivity index (χ3n) is 7.88. The molecule has 2 N–H and O–H groups in total. The fraction of sp³-hybridized carbons (Fsp3) is 0.688. The summed E-state index contributed by atoms with van der Waals surface area (Å²) in [5.74, 6) is -4.13. The predicted molar refractivity (Wildman–Crippen MR) is 155 cm³/mol. The van der Waals surface area contributed by atoms with Gasteiger partial charge in [-0.2, -0.15) is 0 Å². The molecule has 0 saturated carbocycles. The lowest BCUT2D eigenvalue weighted by molar-refractivity contribution is -0.204. The van der Waals surface area contributed by atoms with Crippen molar-refractivity contribution < 1.29 is 37.3 Å². The average Bonchev–Trinajstić information content (AvgIpc) is 2.84.